The van der Waals surface area contributed by atoms with Crippen LogP contribution >= 0.6 is 0 Å². The number of carbonyl (C=O) groups is 2. The number of esters is 1. The molecule has 158 valence electrons. The largest absolute Gasteiger partial charge is 0.458 e. The Hall–Kier alpha value is -1.42. The SMILES string of the molecule is COCCC[C@H]1C[C@@]2(C)[C@@H](CC[C@@]23CCC(=O)O3)[C@@H]2CCC3=CC(=O)CCC3=C12. The quantitative estimate of drug-likeness (QED) is 0.498. The highest BCUT2D eigenvalue weighted by molar-refractivity contribution is 5.93. The summed E-state index contributed by atoms with van der Waals surface area (Å²) in [6.07, 6.45) is 12.8. The molecule has 0 bridgehead atoms. The van der Waals surface area contributed by atoms with Crippen molar-refractivity contribution < 1.29 is 19.1 Å². The Morgan fingerprint density at radius 3 is 2.76 bits per heavy atom. The van der Waals surface area contributed by atoms with Gasteiger partial charge >= 0.3 is 5.97 Å². The third kappa shape index (κ3) is 2.89. The van der Waals surface area contributed by atoms with Crippen molar-refractivity contribution >= 4 is 11.8 Å². The van der Waals surface area contributed by atoms with Crippen LogP contribution in [0.3, 0.4) is 0 Å². The van der Waals surface area contributed by atoms with Crippen molar-refractivity contribution in [3.8, 4) is 0 Å². The second-order valence-corrected chi connectivity index (χ2v) is 10.3. The number of ether oxygens (including phenoxy) is 2. The lowest BCUT2D eigenvalue weighted by Gasteiger charge is -2.54. The summed E-state index contributed by atoms with van der Waals surface area (Å²) in [6.45, 7) is 3.23. The molecular formula is C25H34O4. The first-order valence-electron chi connectivity index (χ1n) is 11.6. The minimum absolute atomic E-state index is 0.00613. The van der Waals surface area contributed by atoms with E-state index < -0.39 is 0 Å². The molecule has 5 atom stereocenters. The zero-order valence-electron chi connectivity index (χ0n) is 17.9. The van der Waals surface area contributed by atoms with Gasteiger partial charge in [-0.15, -0.1) is 0 Å². The Labute approximate surface area is 174 Å². The average Bonchev–Trinajstić information content (AvgIpc) is 3.22. The lowest BCUT2D eigenvalue weighted by Crippen LogP contribution is -2.52. The topological polar surface area (TPSA) is 52.6 Å². The minimum Gasteiger partial charge on any atom is -0.458 e. The molecule has 0 aromatic rings. The van der Waals surface area contributed by atoms with Crippen molar-refractivity contribution in [2.24, 2.45) is 23.2 Å². The van der Waals surface area contributed by atoms with Gasteiger partial charge in [-0.2, -0.15) is 0 Å². The van der Waals surface area contributed by atoms with E-state index in [1.54, 1.807) is 12.7 Å². The van der Waals surface area contributed by atoms with Crippen LogP contribution in [0, 0.1) is 23.2 Å². The van der Waals surface area contributed by atoms with Gasteiger partial charge < -0.3 is 9.47 Å². The highest BCUT2D eigenvalue weighted by Crippen LogP contribution is 2.68. The Balaban J connectivity index is 1.55. The van der Waals surface area contributed by atoms with Gasteiger partial charge in [0.05, 0.1) is 0 Å². The van der Waals surface area contributed by atoms with Crippen LogP contribution < -0.4 is 0 Å². The first-order chi connectivity index (χ1) is 14.0. The van der Waals surface area contributed by atoms with E-state index in [1.807, 2.05) is 6.08 Å². The summed E-state index contributed by atoms with van der Waals surface area (Å²) >= 11 is 0. The van der Waals surface area contributed by atoms with Crippen molar-refractivity contribution in [2.45, 2.75) is 83.2 Å². The van der Waals surface area contributed by atoms with E-state index in [0.717, 1.165) is 58.0 Å². The maximum Gasteiger partial charge on any atom is 0.306 e. The zero-order chi connectivity index (χ0) is 20.2. The van der Waals surface area contributed by atoms with E-state index in [-0.39, 0.29) is 17.0 Å². The van der Waals surface area contributed by atoms with E-state index in [1.165, 1.54) is 17.6 Å². The van der Waals surface area contributed by atoms with Crippen molar-refractivity contribution in [1.29, 1.82) is 0 Å². The molecule has 5 rings (SSSR count). The van der Waals surface area contributed by atoms with E-state index in [0.29, 0.717) is 36.4 Å². The van der Waals surface area contributed by atoms with Gasteiger partial charge in [-0.3, -0.25) is 9.59 Å². The Bertz CT molecular complexity index is 793. The van der Waals surface area contributed by atoms with Crippen LogP contribution in [-0.2, 0) is 19.1 Å². The Kier molecular flexibility index (Phi) is 4.77. The average molecular weight is 399 g/mol. The molecule has 4 aliphatic carbocycles. The second-order valence-electron chi connectivity index (χ2n) is 10.3. The van der Waals surface area contributed by atoms with Crippen LogP contribution in [0.1, 0.15) is 77.6 Å². The molecule has 29 heavy (non-hydrogen) atoms. The summed E-state index contributed by atoms with van der Waals surface area (Å²) in [7, 11) is 1.78. The first-order valence-corrected chi connectivity index (χ1v) is 11.6. The fourth-order valence-corrected chi connectivity index (χ4v) is 7.84. The smallest absolute Gasteiger partial charge is 0.306 e. The van der Waals surface area contributed by atoms with Crippen molar-refractivity contribution in [3.05, 3.63) is 22.8 Å². The molecule has 5 aliphatic rings. The molecule has 4 heteroatoms. The molecule has 0 radical (unpaired) electrons. The van der Waals surface area contributed by atoms with Gasteiger partial charge in [-0.05, 0) is 92.8 Å². The number of allylic oxidation sites excluding steroid dienone is 4. The number of ketones is 1. The molecule has 0 amide bonds. The molecule has 1 heterocycles. The van der Waals surface area contributed by atoms with Crippen LogP contribution in [-0.4, -0.2) is 31.1 Å². The zero-order valence-corrected chi connectivity index (χ0v) is 17.9. The van der Waals surface area contributed by atoms with Gasteiger partial charge in [-0.1, -0.05) is 12.5 Å². The predicted molar refractivity (Wildman–Crippen MR) is 110 cm³/mol. The maximum atomic E-state index is 12.1. The van der Waals surface area contributed by atoms with Crippen molar-refractivity contribution in [2.75, 3.05) is 13.7 Å². The van der Waals surface area contributed by atoms with Crippen molar-refractivity contribution in [1.82, 2.24) is 0 Å². The molecule has 1 saturated heterocycles. The molecule has 0 aromatic heterocycles. The third-order valence-electron chi connectivity index (χ3n) is 9.07. The number of hydrogen-bond donors (Lipinski definition) is 0. The summed E-state index contributed by atoms with van der Waals surface area (Å²) in [5.41, 5.74) is 4.37. The van der Waals surface area contributed by atoms with E-state index in [4.69, 9.17) is 9.47 Å². The van der Waals surface area contributed by atoms with E-state index in [9.17, 15) is 9.59 Å². The van der Waals surface area contributed by atoms with Crippen LogP contribution in [0.2, 0.25) is 0 Å². The highest BCUT2D eigenvalue weighted by atomic mass is 16.6. The van der Waals surface area contributed by atoms with Gasteiger partial charge in [0.15, 0.2) is 5.78 Å². The number of methoxy groups -OCH3 is 1. The molecule has 0 aromatic carbocycles. The van der Waals surface area contributed by atoms with Gasteiger partial charge in [-0.25, -0.2) is 0 Å². The third-order valence-corrected chi connectivity index (χ3v) is 9.07. The van der Waals surface area contributed by atoms with Gasteiger partial charge in [0.1, 0.15) is 5.60 Å². The van der Waals surface area contributed by atoms with Gasteiger partial charge in [0.25, 0.3) is 0 Å². The van der Waals surface area contributed by atoms with Crippen molar-refractivity contribution in [3.63, 3.8) is 0 Å². The van der Waals surface area contributed by atoms with Crippen LogP contribution in [0.5, 0.6) is 0 Å². The molecule has 2 saturated carbocycles. The second kappa shape index (κ2) is 7.08. The van der Waals surface area contributed by atoms with Gasteiger partial charge in [0.2, 0.25) is 0 Å². The molecule has 4 nitrogen and oxygen atoms in total. The molecule has 0 unspecified atom stereocenters. The summed E-state index contributed by atoms with van der Waals surface area (Å²) in [6, 6.07) is 0. The standard InChI is InChI=1S/C25H34O4/c1-24-15-17(4-3-13-28-2)23-19-8-6-18(26)14-16(19)5-7-20(23)21(24)9-11-25(24)12-10-22(27)29-25/h14,17,20-21H,3-13,15H2,1-2H3/t17-,20-,21-,24-,25+/m0/s1. The first kappa shape index (κ1) is 19.5. The summed E-state index contributed by atoms with van der Waals surface area (Å²) in [4.78, 5) is 24.2. The number of carbonyl (C=O) groups excluding carboxylic acids is 2. The summed E-state index contributed by atoms with van der Waals surface area (Å²) in [5, 5.41) is 0. The lowest BCUT2D eigenvalue weighted by atomic mass is 9.51. The van der Waals surface area contributed by atoms with E-state index in [2.05, 4.69) is 6.92 Å². The molecule has 0 N–H and O–H groups in total. The molecule has 3 fully saturated rings. The maximum absolute atomic E-state index is 12.1. The highest BCUT2D eigenvalue weighted by Gasteiger charge is 2.66. The molecule has 1 aliphatic heterocycles. The normalized spacial score (nSPS) is 41.2. The number of fused-ring (bicyclic) bond motifs is 5. The Morgan fingerprint density at radius 1 is 1.14 bits per heavy atom. The van der Waals surface area contributed by atoms with Crippen LogP contribution in [0.25, 0.3) is 0 Å². The van der Waals surface area contributed by atoms with Gasteiger partial charge in [0, 0.05) is 32.0 Å². The minimum atomic E-state index is -0.233. The number of rotatable bonds is 4. The fourth-order valence-electron chi connectivity index (χ4n) is 7.84. The Morgan fingerprint density at radius 2 is 2.00 bits per heavy atom. The summed E-state index contributed by atoms with van der Waals surface area (Å²) < 4.78 is 11.5. The monoisotopic (exact) mass is 398 g/mol. The van der Waals surface area contributed by atoms with Crippen LogP contribution in [0.15, 0.2) is 22.8 Å². The van der Waals surface area contributed by atoms with Crippen LogP contribution in [0.4, 0.5) is 0 Å². The van der Waals surface area contributed by atoms with E-state index >= 15 is 0 Å². The molecular weight excluding hydrogens is 364 g/mol. The number of hydrogen-bond acceptors (Lipinski definition) is 4. The fraction of sp³-hybridized carbons (Fsp3) is 0.760. The molecule has 1 spiro atoms. The lowest BCUT2D eigenvalue weighted by molar-refractivity contribution is -0.163. The predicted octanol–water partition coefficient (Wildman–Crippen LogP) is 4.92. The summed E-state index contributed by atoms with van der Waals surface area (Å²) in [5.74, 6) is 2.04.